The first-order chi connectivity index (χ1) is 7.18. The summed E-state index contributed by atoms with van der Waals surface area (Å²) in [6.45, 7) is 1.80. The molecule has 5 heteroatoms. The maximum atomic E-state index is 10.9. The third kappa shape index (κ3) is 1.71. The van der Waals surface area contributed by atoms with Gasteiger partial charge in [-0.1, -0.05) is 12.1 Å². The molecule has 0 saturated carbocycles. The second kappa shape index (κ2) is 3.53. The van der Waals surface area contributed by atoms with E-state index in [1.165, 1.54) is 10.9 Å². The van der Waals surface area contributed by atoms with Gasteiger partial charge in [-0.05, 0) is 19.1 Å². The Bertz CT molecular complexity index is 505. The zero-order valence-electron chi connectivity index (χ0n) is 8.08. The number of aromatic carboxylic acids is 1. The van der Waals surface area contributed by atoms with Gasteiger partial charge in [0, 0.05) is 0 Å². The van der Waals surface area contributed by atoms with E-state index < -0.39 is 5.97 Å². The highest BCUT2D eigenvalue weighted by Crippen LogP contribution is 2.12. The number of carboxylic acid groups (broad SMARTS) is 1. The Hall–Kier alpha value is -2.17. The Morgan fingerprint density at radius 1 is 1.40 bits per heavy atom. The molecule has 0 atom stereocenters. The molecule has 0 aliphatic carbocycles. The van der Waals surface area contributed by atoms with E-state index in [0.717, 1.165) is 5.69 Å². The lowest BCUT2D eigenvalue weighted by Gasteiger charge is -2.03. The van der Waals surface area contributed by atoms with Gasteiger partial charge in [0.05, 0.1) is 17.5 Å². The van der Waals surface area contributed by atoms with Gasteiger partial charge in [-0.3, -0.25) is 0 Å². The molecule has 1 aromatic carbocycles. The van der Waals surface area contributed by atoms with Gasteiger partial charge in [0.1, 0.15) is 5.69 Å². The number of rotatable bonds is 2. The van der Waals surface area contributed by atoms with Crippen molar-refractivity contribution in [3.63, 3.8) is 0 Å². The number of hydrogen-bond acceptors (Lipinski definition) is 3. The normalized spacial score (nSPS) is 10.2. The number of aryl methyl sites for hydroxylation is 1. The Balaban J connectivity index is 2.57. The Morgan fingerprint density at radius 3 is 2.73 bits per heavy atom. The molecule has 0 radical (unpaired) electrons. The molecule has 0 fully saturated rings. The van der Waals surface area contributed by atoms with E-state index in [0.29, 0.717) is 5.69 Å². The van der Waals surface area contributed by atoms with Crippen molar-refractivity contribution in [3.05, 3.63) is 41.7 Å². The number of carbonyl (C=O) groups is 1. The van der Waals surface area contributed by atoms with Crippen LogP contribution in [0.4, 0.5) is 0 Å². The zero-order chi connectivity index (χ0) is 10.8. The molecule has 1 aromatic heterocycles. The molecule has 5 nitrogen and oxygen atoms in total. The van der Waals surface area contributed by atoms with Gasteiger partial charge in [0.15, 0.2) is 0 Å². The molecule has 2 rings (SSSR count). The van der Waals surface area contributed by atoms with Crippen LogP contribution in [0.15, 0.2) is 30.5 Å². The fourth-order valence-electron chi connectivity index (χ4n) is 1.28. The van der Waals surface area contributed by atoms with Gasteiger partial charge >= 0.3 is 5.97 Å². The molecule has 0 aliphatic heterocycles. The third-order valence-corrected chi connectivity index (χ3v) is 1.96. The molecular weight excluding hydrogens is 194 g/mol. The van der Waals surface area contributed by atoms with Gasteiger partial charge in [-0.2, -0.15) is 15.0 Å². The minimum absolute atomic E-state index is 0.188. The molecule has 1 heterocycles. The number of benzene rings is 1. The number of carboxylic acids is 1. The van der Waals surface area contributed by atoms with Crippen molar-refractivity contribution < 1.29 is 9.90 Å². The summed E-state index contributed by atoms with van der Waals surface area (Å²) in [5.41, 5.74) is 1.40. The van der Waals surface area contributed by atoms with Crippen molar-refractivity contribution >= 4 is 5.97 Å². The Kier molecular flexibility index (Phi) is 2.21. The lowest BCUT2D eigenvalue weighted by molar-refractivity contribution is 0.0696. The first-order valence-electron chi connectivity index (χ1n) is 4.40. The van der Waals surface area contributed by atoms with Crippen LogP contribution in [0.2, 0.25) is 0 Å². The fraction of sp³-hybridized carbons (Fsp3) is 0.100. The predicted molar refractivity (Wildman–Crippen MR) is 53.1 cm³/mol. The Labute approximate surface area is 86.0 Å². The average Bonchev–Trinajstić information content (AvgIpc) is 2.65. The summed E-state index contributed by atoms with van der Waals surface area (Å²) in [5.74, 6) is -0.986. The van der Waals surface area contributed by atoms with Gasteiger partial charge in [-0.25, -0.2) is 4.79 Å². The summed E-state index contributed by atoms with van der Waals surface area (Å²) >= 11 is 0. The van der Waals surface area contributed by atoms with Crippen LogP contribution in [0.5, 0.6) is 0 Å². The summed E-state index contributed by atoms with van der Waals surface area (Å²) in [7, 11) is 0. The first-order valence-corrected chi connectivity index (χ1v) is 4.40. The van der Waals surface area contributed by atoms with E-state index in [1.54, 1.807) is 31.3 Å². The van der Waals surface area contributed by atoms with E-state index in [-0.39, 0.29) is 5.56 Å². The van der Waals surface area contributed by atoms with Crippen LogP contribution in [0.1, 0.15) is 16.1 Å². The molecule has 2 aromatic rings. The Morgan fingerprint density at radius 2 is 2.13 bits per heavy atom. The second-order valence-corrected chi connectivity index (χ2v) is 3.10. The highest BCUT2D eigenvalue weighted by atomic mass is 16.4. The smallest absolute Gasteiger partial charge is 0.337 e. The minimum atomic E-state index is -0.986. The van der Waals surface area contributed by atoms with Gasteiger partial charge in [0.25, 0.3) is 0 Å². The summed E-state index contributed by atoms with van der Waals surface area (Å²) in [6, 6.07) is 6.61. The van der Waals surface area contributed by atoms with Crippen LogP contribution in [0.3, 0.4) is 0 Å². The van der Waals surface area contributed by atoms with E-state index in [9.17, 15) is 4.79 Å². The van der Waals surface area contributed by atoms with Gasteiger partial charge in [-0.15, -0.1) is 0 Å². The largest absolute Gasteiger partial charge is 0.478 e. The quantitative estimate of drug-likeness (QED) is 0.798. The monoisotopic (exact) mass is 203 g/mol. The molecule has 0 amide bonds. The summed E-state index contributed by atoms with van der Waals surface area (Å²) in [6.07, 6.45) is 1.58. The molecular formula is C10H9N3O2. The van der Waals surface area contributed by atoms with Gasteiger partial charge in [0.2, 0.25) is 0 Å². The number of nitrogens with zero attached hydrogens (tertiary/aromatic N) is 3. The van der Waals surface area contributed by atoms with Gasteiger partial charge < -0.3 is 5.11 Å². The molecule has 1 N–H and O–H groups in total. The zero-order valence-corrected chi connectivity index (χ0v) is 8.08. The van der Waals surface area contributed by atoms with Crippen molar-refractivity contribution in [2.45, 2.75) is 6.92 Å². The van der Waals surface area contributed by atoms with E-state index in [2.05, 4.69) is 10.2 Å². The number of hydrogen-bond donors (Lipinski definition) is 1. The van der Waals surface area contributed by atoms with Crippen LogP contribution in [0.25, 0.3) is 5.69 Å². The highest BCUT2D eigenvalue weighted by molar-refractivity contribution is 5.91. The molecule has 15 heavy (non-hydrogen) atoms. The SMILES string of the molecule is Cc1cnn(-c2ccccc2C(=O)O)n1. The molecule has 0 bridgehead atoms. The van der Waals surface area contributed by atoms with Crippen molar-refractivity contribution in [3.8, 4) is 5.69 Å². The van der Waals surface area contributed by atoms with Crippen LogP contribution in [-0.2, 0) is 0 Å². The van der Waals surface area contributed by atoms with Crippen LogP contribution >= 0.6 is 0 Å². The summed E-state index contributed by atoms with van der Waals surface area (Å²) in [5, 5.41) is 17.0. The lowest BCUT2D eigenvalue weighted by atomic mass is 10.2. The number of aromatic nitrogens is 3. The maximum Gasteiger partial charge on any atom is 0.337 e. The number of para-hydroxylation sites is 1. The second-order valence-electron chi connectivity index (χ2n) is 3.10. The fourth-order valence-corrected chi connectivity index (χ4v) is 1.28. The van der Waals surface area contributed by atoms with Crippen LogP contribution in [-0.4, -0.2) is 26.1 Å². The lowest BCUT2D eigenvalue weighted by Crippen LogP contribution is -2.07. The highest BCUT2D eigenvalue weighted by Gasteiger charge is 2.11. The van der Waals surface area contributed by atoms with Crippen molar-refractivity contribution in [1.29, 1.82) is 0 Å². The molecule has 76 valence electrons. The van der Waals surface area contributed by atoms with Crippen LogP contribution < -0.4 is 0 Å². The predicted octanol–water partition coefficient (Wildman–Crippen LogP) is 1.27. The first kappa shape index (κ1) is 9.39. The summed E-state index contributed by atoms with van der Waals surface area (Å²) in [4.78, 5) is 12.3. The standard InChI is InChI=1S/C10H9N3O2/c1-7-6-11-13(12-7)9-5-3-2-4-8(9)10(14)15/h2-6H,1H3,(H,14,15). The third-order valence-electron chi connectivity index (χ3n) is 1.96. The van der Waals surface area contributed by atoms with Crippen molar-refractivity contribution in [2.75, 3.05) is 0 Å². The minimum Gasteiger partial charge on any atom is -0.478 e. The maximum absolute atomic E-state index is 10.9. The molecule has 0 aliphatic rings. The van der Waals surface area contributed by atoms with E-state index in [4.69, 9.17) is 5.11 Å². The van der Waals surface area contributed by atoms with Crippen molar-refractivity contribution in [1.82, 2.24) is 15.0 Å². The van der Waals surface area contributed by atoms with E-state index >= 15 is 0 Å². The van der Waals surface area contributed by atoms with E-state index in [1.807, 2.05) is 0 Å². The topological polar surface area (TPSA) is 68.0 Å². The molecule has 0 saturated heterocycles. The van der Waals surface area contributed by atoms with Crippen molar-refractivity contribution in [2.24, 2.45) is 0 Å². The molecule has 0 unspecified atom stereocenters. The van der Waals surface area contributed by atoms with Crippen LogP contribution in [0, 0.1) is 6.92 Å². The summed E-state index contributed by atoms with van der Waals surface area (Å²) < 4.78 is 0. The average molecular weight is 203 g/mol. The molecule has 0 spiro atoms.